The lowest BCUT2D eigenvalue weighted by Crippen LogP contribution is -2.44. The molecule has 1 N–H and O–H groups in total. The molecule has 1 aromatic carbocycles. The van der Waals surface area contributed by atoms with E-state index in [2.05, 4.69) is 45.2 Å². The Morgan fingerprint density at radius 2 is 1.96 bits per heavy atom. The first-order chi connectivity index (χ1) is 12.3. The molecule has 0 saturated carbocycles. The Morgan fingerprint density at radius 3 is 2.76 bits per heavy atom. The van der Waals surface area contributed by atoms with Crippen molar-refractivity contribution in [2.24, 2.45) is 0 Å². The Morgan fingerprint density at radius 1 is 1.08 bits per heavy atom. The van der Waals surface area contributed by atoms with Crippen molar-refractivity contribution in [1.29, 1.82) is 0 Å². The smallest absolute Gasteiger partial charge is 0.234 e. The summed E-state index contributed by atoms with van der Waals surface area (Å²) < 4.78 is 7.54. The van der Waals surface area contributed by atoms with Crippen molar-refractivity contribution in [1.82, 2.24) is 14.8 Å². The summed E-state index contributed by atoms with van der Waals surface area (Å²) in [5.74, 6) is 0.776. The van der Waals surface area contributed by atoms with E-state index in [0.29, 0.717) is 13.1 Å². The molecule has 25 heavy (non-hydrogen) atoms. The van der Waals surface area contributed by atoms with Gasteiger partial charge in [-0.2, -0.15) is 0 Å². The van der Waals surface area contributed by atoms with Crippen LogP contribution in [0.3, 0.4) is 0 Å². The second-order valence-electron chi connectivity index (χ2n) is 6.27. The molecular weight excluding hydrogens is 314 g/mol. The molecule has 0 aliphatic carbocycles. The van der Waals surface area contributed by atoms with Gasteiger partial charge in [-0.25, -0.2) is 0 Å². The van der Waals surface area contributed by atoms with Crippen molar-refractivity contribution in [3.63, 3.8) is 0 Å². The van der Waals surface area contributed by atoms with Crippen molar-refractivity contribution in [3.8, 4) is 0 Å². The maximum absolute atomic E-state index is 12.4. The molecule has 0 radical (unpaired) electrons. The average Bonchev–Trinajstić information content (AvgIpc) is 3.32. The number of nitrogens with one attached hydrogen (secondary N) is 1. The van der Waals surface area contributed by atoms with Crippen molar-refractivity contribution < 1.29 is 9.21 Å². The van der Waals surface area contributed by atoms with Crippen LogP contribution in [0.2, 0.25) is 0 Å². The van der Waals surface area contributed by atoms with Gasteiger partial charge in [0, 0.05) is 25.0 Å². The van der Waals surface area contributed by atoms with Crippen molar-refractivity contribution in [2.45, 2.75) is 19.1 Å². The van der Waals surface area contributed by atoms with E-state index in [-0.39, 0.29) is 11.9 Å². The number of rotatable bonds is 5. The number of carbonyl (C=O) groups excluding carboxylic acids is 1. The molecule has 0 bridgehead atoms. The summed E-state index contributed by atoms with van der Waals surface area (Å²) in [6.07, 6.45) is 3.73. The summed E-state index contributed by atoms with van der Waals surface area (Å²) in [7, 11) is 0. The van der Waals surface area contributed by atoms with Gasteiger partial charge in [0.2, 0.25) is 5.91 Å². The molecule has 3 aromatic rings. The van der Waals surface area contributed by atoms with E-state index in [1.807, 2.05) is 30.3 Å². The highest BCUT2D eigenvalue weighted by atomic mass is 16.3. The van der Waals surface area contributed by atoms with Crippen LogP contribution in [-0.4, -0.2) is 28.5 Å². The van der Waals surface area contributed by atoms with E-state index < -0.39 is 0 Å². The Labute approximate surface area is 146 Å². The summed E-state index contributed by atoms with van der Waals surface area (Å²) >= 11 is 0. The molecule has 5 nitrogen and oxygen atoms in total. The van der Waals surface area contributed by atoms with Crippen molar-refractivity contribution in [3.05, 3.63) is 84.1 Å². The van der Waals surface area contributed by atoms with Gasteiger partial charge in [0.25, 0.3) is 0 Å². The quantitative estimate of drug-likeness (QED) is 0.780. The van der Waals surface area contributed by atoms with Crippen molar-refractivity contribution in [2.75, 3.05) is 13.1 Å². The maximum Gasteiger partial charge on any atom is 0.234 e. The zero-order valence-corrected chi connectivity index (χ0v) is 14.0. The number of aromatic nitrogens is 1. The first-order valence-corrected chi connectivity index (χ1v) is 8.54. The standard InChI is InChI=1S/C20H21N3O2/c24-19(21-14-17-8-5-13-25-17)15-23-12-11-22-10-4-9-18(22)20(23)16-6-2-1-3-7-16/h1-10,13,20H,11-12,14-15H2,(H,21,24). The topological polar surface area (TPSA) is 50.4 Å². The number of furan rings is 1. The van der Waals surface area contributed by atoms with E-state index in [1.165, 1.54) is 11.3 Å². The lowest BCUT2D eigenvalue weighted by molar-refractivity contribution is -0.123. The SMILES string of the molecule is O=C(CN1CCn2cccc2C1c1ccccc1)NCc1ccco1. The van der Waals surface area contributed by atoms with Gasteiger partial charge in [-0.05, 0) is 29.8 Å². The molecule has 1 atom stereocenters. The second-order valence-corrected chi connectivity index (χ2v) is 6.27. The highest BCUT2D eigenvalue weighted by molar-refractivity contribution is 5.78. The predicted molar refractivity (Wildman–Crippen MR) is 94.8 cm³/mol. The average molecular weight is 335 g/mol. The maximum atomic E-state index is 12.4. The Hall–Kier alpha value is -2.79. The van der Waals surface area contributed by atoms with Crippen molar-refractivity contribution >= 4 is 5.91 Å². The van der Waals surface area contributed by atoms with Crippen LogP contribution in [0.5, 0.6) is 0 Å². The van der Waals surface area contributed by atoms with Crippen LogP contribution in [-0.2, 0) is 17.9 Å². The third-order valence-corrected chi connectivity index (χ3v) is 4.64. The van der Waals surface area contributed by atoms with E-state index in [4.69, 9.17) is 4.42 Å². The zero-order chi connectivity index (χ0) is 17.1. The summed E-state index contributed by atoms with van der Waals surface area (Å²) in [4.78, 5) is 14.7. The number of nitrogens with zero attached hydrogens (tertiary/aromatic N) is 2. The fourth-order valence-corrected chi connectivity index (χ4v) is 3.46. The minimum Gasteiger partial charge on any atom is -0.467 e. The summed E-state index contributed by atoms with van der Waals surface area (Å²) in [6, 6.07) is 18.4. The highest BCUT2D eigenvalue weighted by Gasteiger charge is 2.29. The number of hydrogen-bond acceptors (Lipinski definition) is 3. The molecular formula is C20H21N3O2. The molecule has 5 heteroatoms. The lowest BCUT2D eigenvalue weighted by Gasteiger charge is -2.36. The molecule has 128 valence electrons. The largest absolute Gasteiger partial charge is 0.467 e. The fraction of sp³-hybridized carbons (Fsp3) is 0.250. The van der Waals surface area contributed by atoms with Crippen LogP contribution >= 0.6 is 0 Å². The first kappa shape index (κ1) is 15.7. The van der Waals surface area contributed by atoms with E-state index in [9.17, 15) is 4.79 Å². The Bertz CT molecular complexity index is 824. The third-order valence-electron chi connectivity index (χ3n) is 4.64. The van der Waals surface area contributed by atoms with Crippen LogP contribution in [0, 0.1) is 0 Å². The minimum atomic E-state index is 0.0114. The molecule has 2 aromatic heterocycles. The molecule has 4 rings (SSSR count). The zero-order valence-electron chi connectivity index (χ0n) is 14.0. The summed E-state index contributed by atoms with van der Waals surface area (Å²) in [5, 5.41) is 2.94. The van der Waals surface area contributed by atoms with E-state index in [0.717, 1.165) is 18.8 Å². The van der Waals surface area contributed by atoms with Gasteiger partial charge < -0.3 is 14.3 Å². The number of benzene rings is 1. The van der Waals surface area contributed by atoms with Gasteiger partial charge >= 0.3 is 0 Å². The second kappa shape index (κ2) is 6.99. The Balaban J connectivity index is 1.50. The predicted octanol–water partition coefficient (Wildman–Crippen LogP) is 2.80. The molecule has 0 fully saturated rings. The lowest BCUT2D eigenvalue weighted by atomic mass is 10.00. The fourth-order valence-electron chi connectivity index (χ4n) is 3.46. The number of carbonyl (C=O) groups is 1. The summed E-state index contributed by atoms with van der Waals surface area (Å²) in [6.45, 7) is 2.53. The molecule has 3 heterocycles. The number of hydrogen-bond donors (Lipinski definition) is 1. The number of fused-ring (bicyclic) bond motifs is 1. The molecule has 1 aliphatic heterocycles. The number of amides is 1. The van der Waals surface area contributed by atoms with Crippen LogP contribution in [0.1, 0.15) is 23.1 Å². The molecule has 0 saturated heterocycles. The monoisotopic (exact) mass is 335 g/mol. The Kier molecular flexibility index (Phi) is 4.39. The van der Waals surface area contributed by atoms with E-state index >= 15 is 0 Å². The van der Waals surface area contributed by atoms with Gasteiger partial charge in [0.05, 0.1) is 25.4 Å². The third kappa shape index (κ3) is 3.37. The normalized spacial score (nSPS) is 17.2. The van der Waals surface area contributed by atoms with Gasteiger partial charge in [0.1, 0.15) is 5.76 Å². The summed E-state index contributed by atoms with van der Waals surface area (Å²) in [5.41, 5.74) is 2.44. The van der Waals surface area contributed by atoms with Crippen LogP contribution < -0.4 is 5.32 Å². The van der Waals surface area contributed by atoms with Crippen LogP contribution in [0.25, 0.3) is 0 Å². The van der Waals surface area contributed by atoms with Gasteiger partial charge in [-0.15, -0.1) is 0 Å². The molecule has 1 aliphatic rings. The van der Waals surface area contributed by atoms with E-state index in [1.54, 1.807) is 6.26 Å². The van der Waals surface area contributed by atoms with Gasteiger partial charge in [-0.1, -0.05) is 30.3 Å². The molecule has 1 amide bonds. The molecule has 1 unspecified atom stereocenters. The van der Waals surface area contributed by atoms with Crippen LogP contribution in [0.4, 0.5) is 0 Å². The molecule has 0 spiro atoms. The highest BCUT2D eigenvalue weighted by Crippen LogP contribution is 2.31. The minimum absolute atomic E-state index is 0.0114. The van der Waals surface area contributed by atoms with Gasteiger partial charge in [-0.3, -0.25) is 9.69 Å². The first-order valence-electron chi connectivity index (χ1n) is 8.54. The van der Waals surface area contributed by atoms with Gasteiger partial charge in [0.15, 0.2) is 0 Å². The van der Waals surface area contributed by atoms with Crippen LogP contribution in [0.15, 0.2) is 71.5 Å².